The van der Waals surface area contributed by atoms with Gasteiger partial charge in [0.05, 0.1) is 24.8 Å². The highest BCUT2D eigenvalue weighted by atomic mass is 16.5. The second-order valence-electron chi connectivity index (χ2n) is 8.17. The van der Waals surface area contributed by atoms with Crippen molar-refractivity contribution >= 4 is 5.91 Å². The summed E-state index contributed by atoms with van der Waals surface area (Å²) in [5.41, 5.74) is -0.233. The Morgan fingerprint density at radius 1 is 1.39 bits per heavy atom. The van der Waals surface area contributed by atoms with Crippen molar-refractivity contribution in [1.82, 2.24) is 15.1 Å². The Morgan fingerprint density at radius 3 is 2.87 bits per heavy atom. The van der Waals surface area contributed by atoms with Gasteiger partial charge in [-0.05, 0) is 51.5 Å². The van der Waals surface area contributed by atoms with Crippen molar-refractivity contribution in [2.24, 2.45) is 5.41 Å². The van der Waals surface area contributed by atoms with Crippen molar-refractivity contribution in [3.63, 3.8) is 0 Å². The molecule has 0 radical (unpaired) electrons. The van der Waals surface area contributed by atoms with Gasteiger partial charge in [0.2, 0.25) is 5.91 Å². The molecule has 23 heavy (non-hydrogen) atoms. The number of nitrogens with zero attached hydrogens (tertiary/aromatic N) is 2. The van der Waals surface area contributed by atoms with E-state index in [-0.39, 0.29) is 29.5 Å². The number of rotatable bonds is 3. The summed E-state index contributed by atoms with van der Waals surface area (Å²) in [6.45, 7) is 8.05. The Balaban J connectivity index is 1.35. The predicted molar refractivity (Wildman–Crippen MR) is 85.8 cm³/mol. The van der Waals surface area contributed by atoms with E-state index in [0.717, 1.165) is 32.5 Å². The molecule has 2 N–H and O–H groups in total. The molecule has 3 aliphatic heterocycles. The zero-order valence-electron chi connectivity index (χ0n) is 14.3. The fraction of sp³-hybridized carbons (Fsp3) is 0.941. The molecule has 1 amide bonds. The van der Waals surface area contributed by atoms with E-state index >= 15 is 0 Å². The number of amides is 1. The average Bonchev–Trinajstić information content (AvgIpc) is 3.23. The molecule has 6 heteroatoms. The fourth-order valence-electron chi connectivity index (χ4n) is 4.56. The molecule has 6 nitrogen and oxygen atoms in total. The third kappa shape index (κ3) is 2.60. The van der Waals surface area contributed by atoms with Crippen LogP contribution in [0.2, 0.25) is 0 Å². The van der Waals surface area contributed by atoms with Gasteiger partial charge in [-0.25, -0.2) is 0 Å². The fourth-order valence-corrected chi connectivity index (χ4v) is 4.56. The third-order valence-corrected chi connectivity index (χ3v) is 6.54. The number of aliphatic hydroxyl groups is 1. The maximum absolute atomic E-state index is 12.5. The van der Waals surface area contributed by atoms with E-state index in [1.165, 1.54) is 12.8 Å². The molecule has 1 aliphatic carbocycles. The van der Waals surface area contributed by atoms with E-state index in [9.17, 15) is 9.90 Å². The molecule has 130 valence electrons. The summed E-state index contributed by atoms with van der Waals surface area (Å²) in [6.07, 6.45) is 4.28. The van der Waals surface area contributed by atoms with Gasteiger partial charge in [0.15, 0.2) is 5.72 Å². The highest BCUT2D eigenvalue weighted by Gasteiger charge is 2.52. The first-order valence-corrected chi connectivity index (χ1v) is 9.05. The minimum Gasteiger partial charge on any atom is -0.391 e. The van der Waals surface area contributed by atoms with Gasteiger partial charge in [0.25, 0.3) is 0 Å². The molecule has 0 aromatic rings. The molecular weight excluding hydrogens is 294 g/mol. The van der Waals surface area contributed by atoms with Crippen LogP contribution in [-0.4, -0.2) is 77.5 Å². The van der Waals surface area contributed by atoms with E-state index in [4.69, 9.17) is 4.74 Å². The molecule has 3 saturated heterocycles. The zero-order chi connectivity index (χ0) is 16.2. The Morgan fingerprint density at radius 2 is 2.17 bits per heavy atom. The van der Waals surface area contributed by atoms with Crippen molar-refractivity contribution in [3.05, 3.63) is 0 Å². The number of piperazine rings is 1. The lowest BCUT2D eigenvalue weighted by molar-refractivity contribution is -0.157. The van der Waals surface area contributed by atoms with Crippen LogP contribution >= 0.6 is 0 Å². The first-order chi connectivity index (χ1) is 10.9. The Labute approximate surface area is 138 Å². The largest absolute Gasteiger partial charge is 0.391 e. The van der Waals surface area contributed by atoms with Gasteiger partial charge >= 0.3 is 0 Å². The number of piperidine rings is 1. The molecule has 0 bridgehead atoms. The summed E-state index contributed by atoms with van der Waals surface area (Å²) in [6, 6.07) is 0.0322. The van der Waals surface area contributed by atoms with E-state index in [1.54, 1.807) is 0 Å². The van der Waals surface area contributed by atoms with Crippen molar-refractivity contribution in [2.45, 2.75) is 63.4 Å². The molecule has 1 spiro atoms. The van der Waals surface area contributed by atoms with Gasteiger partial charge in [0, 0.05) is 19.6 Å². The lowest BCUT2D eigenvalue weighted by Crippen LogP contribution is -2.65. The average molecular weight is 323 g/mol. The predicted octanol–water partition coefficient (Wildman–Crippen LogP) is 0.159. The number of hydrogen-bond acceptors (Lipinski definition) is 5. The molecule has 0 aromatic heterocycles. The third-order valence-electron chi connectivity index (χ3n) is 6.54. The van der Waals surface area contributed by atoms with Gasteiger partial charge in [0.1, 0.15) is 0 Å². The normalized spacial score (nSPS) is 43.0. The van der Waals surface area contributed by atoms with Gasteiger partial charge in [-0.2, -0.15) is 0 Å². The minimum atomic E-state index is -0.492. The first kappa shape index (κ1) is 15.8. The number of nitrogens with one attached hydrogen (secondary N) is 1. The molecule has 4 atom stereocenters. The second kappa shape index (κ2) is 5.41. The highest BCUT2D eigenvalue weighted by Crippen LogP contribution is 2.53. The summed E-state index contributed by atoms with van der Waals surface area (Å²) in [7, 11) is 0. The number of fused-ring (bicyclic) bond motifs is 1. The molecule has 4 rings (SSSR count). The minimum absolute atomic E-state index is 0.126. The molecule has 4 fully saturated rings. The van der Waals surface area contributed by atoms with Gasteiger partial charge in [-0.3, -0.25) is 4.79 Å². The number of likely N-dealkylation sites (tertiary alicyclic amines) is 1. The van der Waals surface area contributed by atoms with E-state index in [1.807, 2.05) is 18.7 Å². The number of β-amino-alcohol motifs (C(OH)–C–C–N with tert-alkyl or cyclic N) is 1. The molecular formula is C17H29N3O3. The van der Waals surface area contributed by atoms with Crippen LogP contribution in [0.5, 0.6) is 0 Å². The molecule has 1 unspecified atom stereocenters. The number of aliphatic hydroxyl groups excluding tert-OH is 1. The zero-order valence-corrected chi connectivity index (χ0v) is 14.3. The molecule has 4 aliphatic rings. The lowest BCUT2D eigenvalue weighted by Gasteiger charge is -2.43. The van der Waals surface area contributed by atoms with Crippen molar-refractivity contribution in [3.8, 4) is 0 Å². The number of hydrogen-bond donors (Lipinski definition) is 2. The van der Waals surface area contributed by atoms with E-state index in [2.05, 4.69) is 10.2 Å². The topological polar surface area (TPSA) is 65.0 Å². The number of carbonyl (C=O) groups is 1. The number of carbonyl (C=O) groups excluding carboxylic acids is 1. The number of ether oxygens (including phenoxy) is 1. The van der Waals surface area contributed by atoms with Crippen LogP contribution in [0.15, 0.2) is 0 Å². The summed E-state index contributed by atoms with van der Waals surface area (Å²) in [5.74, 6) is 0.150. The van der Waals surface area contributed by atoms with Crippen molar-refractivity contribution < 1.29 is 14.6 Å². The monoisotopic (exact) mass is 323 g/mol. The summed E-state index contributed by atoms with van der Waals surface area (Å²) >= 11 is 0. The highest BCUT2D eigenvalue weighted by molar-refractivity contribution is 5.83. The van der Waals surface area contributed by atoms with Crippen LogP contribution in [0.25, 0.3) is 0 Å². The van der Waals surface area contributed by atoms with Crippen LogP contribution in [0.1, 0.15) is 39.5 Å². The standard InChI is InChI=1S/C17H29N3O3/c1-12-15(22)20-13(10-23-16(20,2)11-18-12)3-7-19-8-6-17(4-5-17)14(21)9-19/h12-14,18,21H,3-11H2,1-2H3/t12-,13-,14?,16+/m0/s1. The Bertz CT molecular complexity index is 495. The van der Waals surface area contributed by atoms with E-state index < -0.39 is 5.72 Å². The maximum atomic E-state index is 12.5. The summed E-state index contributed by atoms with van der Waals surface area (Å²) in [5, 5.41) is 13.6. The quantitative estimate of drug-likeness (QED) is 0.774. The van der Waals surface area contributed by atoms with Crippen LogP contribution in [0.3, 0.4) is 0 Å². The van der Waals surface area contributed by atoms with E-state index in [0.29, 0.717) is 13.2 Å². The SMILES string of the molecule is C[C@@H]1NC[C@@]2(C)OC[C@H](CCN3CCC4(CC4)C(O)C3)N2C1=O. The summed E-state index contributed by atoms with van der Waals surface area (Å²) < 4.78 is 5.95. The van der Waals surface area contributed by atoms with Gasteiger partial charge in [-0.15, -0.1) is 0 Å². The smallest absolute Gasteiger partial charge is 0.242 e. The van der Waals surface area contributed by atoms with Crippen molar-refractivity contribution in [1.29, 1.82) is 0 Å². The first-order valence-electron chi connectivity index (χ1n) is 9.05. The Hall–Kier alpha value is -0.690. The Kier molecular flexibility index (Phi) is 3.72. The summed E-state index contributed by atoms with van der Waals surface area (Å²) in [4.78, 5) is 16.9. The van der Waals surface area contributed by atoms with Crippen LogP contribution in [0, 0.1) is 5.41 Å². The van der Waals surface area contributed by atoms with Gasteiger partial charge < -0.3 is 25.0 Å². The lowest BCUT2D eigenvalue weighted by atomic mass is 9.90. The maximum Gasteiger partial charge on any atom is 0.242 e. The molecule has 3 heterocycles. The molecule has 0 aromatic carbocycles. The van der Waals surface area contributed by atoms with Crippen LogP contribution in [0.4, 0.5) is 0 Å². The van der Waals surface area contributed by atoms with Crippen molar-refractivity contribution in [2.75, 3.05) is 32.8 Å². The second-order valence-corrected chi connectivity index (χ2v) is 8.17. The van der Waals surface area contributed by atoms with Gasteiger partial charge in [-0.1, -0.05) is 0 Å². The van der Waals surface area contributed by atoms with Crippen LogP contribution in [-0.2, 0) is 9.53 Å². The van der Waals surface area contributed by atoms with Crippen LogP contribution < -0.4 is 5.32 Å². The molecule has 1 saturated carbocycles.